The number of rotatable bonds is 1. The quantitative estimate of drug-likeness (QED) is 0.430. The molecular weight excluding hydrogens is 351 g/mol. The van der Waals surface area contributed by atoms with Crippen molar-refractivity contribution < 1.29 is 40.2 Å². The van der Waals surface area contributed by atoms with Gasteiger partial charge in [0, 0.05) is 7.11 Å². The van der Waals surface area contributed by atoms with Crippen LogP contribution in [0.3, 0.4) is 0 Å². The van der Waals surface area contributed by atoms with Crippen molar-refractivity contribution in [1.29, 1.82) is 0 Å². The van der Waals surface area contributed by atoms with Crippen LogP contribution in [0, 0.1) is 13.8 Å². The Labute approximate surface area is 138 Å². The van der Waals surface area contributed by atoms with Gasteiger partial charge in [-0.1, -0.05) is 12.1 Å². The Morgan fingerprint density at radius 3 is 2.00 bits per heavy atom. The molecule has 0 saturated heterocycles. The Morgan fingerprint density at radius 2 is 1.62 bits per heavy atom. The van der Waals surface area contributed by atoms with Crippen molar-refractivity contribution in [2.24, 2.45) is 0 Å². The Morgan fingerprint density at radius 1 is 1.17 bits per heavy atom. The first-order valence-electron chi connectivity index (χ1n) is 6.66. The lowest BCUT2D eigenvalue weighted by molar-refractivity contribution is -0.595. The maximum atomic E-state index is 10.7. The van der Waals surface area contributed by atoms with Crippen LogP contribution in [0.15, 0.2) is 12.1 Å². The normalized spacial score (nSPS) is 17.3. The molecule has 0 spiro atoms. The smallest absolute Gasteiger partial charge is 0.485 e. The zero-order valence-corrected chi connectivity index (χ0v) is 14.6. The fourth-order valence-corrected chi connectivity index (χ4v) is 2.43. The number of hydrogen-bond donors (Lipinski definition) is 0. The maximum absolute atomic E-state index is 10.7. The van der Waals surface area contributed by atoms with Crippen LogP contribution in [0.25, 0.3) is 0 Å². The lowest BCUT2D eigenvalue weighted by atomic mass is 9.98. The Kier molecular flexibility index (Phi) is 6.01. The van der Waals surface area contributed by atoms with Crippen molar-refractivity contribution in [3.05, 3.63) is 34.4 Å². The van der Waals surface area contributed by atoms with Gasteiger partial charge in [-0.15, -0.1) is 0 Å². The van der Waals surface area contributed by atoms with Crippen molar-refractivity contribution >= 4 is 16.0 Å². The summed E-state index contributed by atoms with van der Waals surface area (Å²) in [4.78, 5) is 0. The van der Waals surface area contributed by atoms with Gasteiger partial charge in [-0.2, -0.15) is 17.7 Å². The molecule has 2 rings (SSSR count). The number of hydrogen-bond acceptors (Lipinski definition) is 5. The summed E-state index contributed by atoms with van der Waals surface area (Å²) in [6.45, 7) is 4.21. The molecule has 0 N–H and O–H groups in total. The van der Waals surface area contributed by atoms with Crippen LogP contribution >= 0.6 is 0 Å². The van der Waals surface area contributed by atoms with Gasteiger partial charge in [0.25, 0.3) is 6.23 Å². The summed E-state index contributed by atoms with van der Waals surface area (Å²) in [7, 11) is -0.667. The maximum Gasteiger partial charge on any atom is 0.485 e. The van der Waals surface area contributed by atoms with Crippen molar-refractivity contribution in [3.63, 3.8) is 0 Å². The lowest BCUT2D eigenvalue weighted by Gasteiger charge is -2.09. The van der Waals surface area contributed by atoms with Crippen molar-refractivity contribution in [3.8, 4) is 0 Å². The second-order valence-corrected chi connectivity index (χ2v) is 6.47. The van der Waals surface area contributed by atoms with Crippen LogP contribution < -0.4 is 0 Å². The van der Waals surface area contributed by atoms with E-state index in [2.05, 4.69) is 26.0 Å². The van der Waals surface area contributed by atoms with E-state index >= 15 is 0 Å². The summed E-state index contributed by atoms with van der Waals surface area (Å²) in [5, 5.41) is 0. The molecule has 1 aliphatic heterocycles. The fraction of sp³-hybridized carbons (Fsp3) is 0.500. The Balaban J connectivity index is 0.000000307. The number of halogens is 3. The monoisotopic (exact) mass is 369 g/mol. The third-order valence-electron chi connectivity index (χ3n) is 3.50. The molecule has 1 heterocycles. The molecule has 0 aliphatic carbocycles. The highest BCUT2D eigenvalue weighted by Gasteiger charge is 2.40. The molecular formula is C14H18F3NO5S. The summed E-state index contributed by atoms with van der Waals surface area (Å²) >= 11 is 0. The molecule has 0 radical (unpaired) electrons. The minimum Gasteiger partial charge on any atom is -0.741 e. The van der Waals surface area contributed by atoms with E-state index in [9.17, 15) is 13.2 Å². The minimum absolute atomic E-state index is 0.0372. The molecule has 1 aliphatic rings. The molecule has 24 heavy (non-hydrogen) atoms. The van der Waals surface area contributed by atoms with E-state index < -0.39 is 15.6 Å². The summed E-state index contributed by atoms with van der Waals surface area (Å²) in [5.41, 5.74) is -0.776. The number of nitrogens with zero attached hydrogens (tertiary/aromatic N) is 1. The summed E-state index contributed by atoms with van der Waals surface area (Å²) < 4.78 is 72.0. The van der Waals surface area contributed by atoms with E-state index in [-0.39, 0.29) is 6.23 Å². The fourth-order valence-electron chi connectivity index (χ4n) is 2.43. The predicted molar refractivity (Wildman–Crippen MR) is 78.7 cm³/mol. The van der Waals surface area contributed by atoms with E-state index in [4.69, 9.17) is 22.4 Å². The number of fused-ring (bicyclic) bond motifs is 1. The highest BCUT2D eigenvalue weighted by atomic mass is 32.2. The highest BCUT2D eigenvalue weighted by Crippen LogP contribution is 2.33. The van der Waals surface area contributed by atoms with E-state index in [1.165, 1.54) is 22.3 Å². The van der Waals surface area contributed by atoms with Crippen LogP contribution in [0.1, 0.15) is 28.5 Å². The predicted octanol–water partition coefficient (Wildman–Crippen LogP) is 2.05. The van der Waals surface area contributed by atoms with Gasteiger partial charge in [0.15, 0.2) is 10.1 Å². The summed E-state index contributed by atoms with van der Waals surface area (Å²) in [6.07, 6.45) is -0.0372. The molecule has 0 aromatic heterocycles. The molecule has 10 heteroatoms. The zero-order chi connectivity index (χ0) is 18.9. The van der Waals surface area contributed by atoms with Crippen molar-refractivity contribution in [2.75, 3.05) is 21.3 Å². The number of benzene rings is 1. The first-order chi connectivity index (χ1) is 10.9. The number of alkyl halides is 3. The Hall–Kier alpha value is -1.65. The second-order valence-electron chi connectivity index (χ2n) is 5.10. The molecule has 0 saturated carbocycles. The second kappa shape index (κ2) is 7.08. The number of methoxy groups -OCH3 is 2. The molecule has 6 nitrogen and oxygen atoms in total. The van der Waals surface area contributed by atoms with Crippen LogP contribution in [-0.2, 0) is 19.6 Å². The molecule has 0 bridgehead atoms. The molecule has 1 atom stereocenters. The van der Waals surface area contributed by atoms with E-state index in [1.54, 1.807) is 14.2 Å². The minimum atomic E-state index is -6.09. The topological polar surface area (TPSA) is 78.7 Å². The molecule has 0 amide bonds. The van der Waals surface area contributed by atoms with Crippen molar-refractivity contribution in [2.45, 2.75) is 25.6 Å². The van der Waals surface area contributed by atoms with E-state index in [1.807, 2.05) is 11.6 Å². The van der Waals surface area contributed by atoms with Gasteiger partial charge >= 0.3 is 11.4 Å². The van der Waals surface area contributed by atoms with Gasteiger partial charge in [0.05, 0.1) is 12.7 Å². The van der Waals surface area contributed by atoms with Gasteiger partial charge in [-0.3, -0.25) is 0 Å². The van der Waals surface area contributed by atoms with Crippen molar-refractivity contribution in [1.82, 2.24) is 0 Å². The molecule has 136 valence electrons. The van der Waals surface area contributed by atoms with Crippen LogP contribution in [0.4, 0.5) is 13.2 Å². The molecule has 1 aromatic rings. The first-order valence-corrected chi connectivity index (χ1v) is 8.06. The average Bonchev–Trinajstić information content (AvgIpc) is 2.74. The molecule has 0 fully saturated rings. The van der Waals surface area contributed by atoms with Gasteiger partial charge in [0.2, 0.25) is 0 Å². The number of aryl methyl sites for hydroxylation is 2. The zero-order valence-electron chi connectivity index (χ0n) is 13.8. The van der Waals surface area contributed by atoms with E-state index in [0.717, 1.165) is 5.90 Å². The average molecular weight is 369 g/mol. The van der Waals surface area contributed by atoms with E-state index in [0.29, 0.717) is 0 Å². The van der Waals surface area contributed by atoms with Gasteiger partial charge < -0.3 is 14.0 Å². The number of ether oxygens (including phenoxy) is 2. The van der Waals surface area contributed by atoms with Gasteiger partial charge in [-0.25, -0.2) is 8.42 Å². The van der Waals surface area contributed by atoms with Crippen LogP contribution in [0.5, 0.6) is 0 Å². The SMILES string of the molecule is COC1=[N+](C)C(OC)c2c(C)ccc(C)c21.O=S(=O)([O-])C(F)(F)F. The van der Waals surface area contributed by atoms with Gasteiger partial charge in [-0.05, 0) is 25.0 Å². The largest absolute Gasteiger partial charge is 0.741 e. The third-order valence-corrected chi connectivity index (χ3v) is 4.07. The van der Waals surface area contributed by atoms with Gasteiger partial charge in [0.1, 0.15) is 12.6 Å². The molecule has 1 unspecified atom stereocenters. The standard InChI is InChI=1S/C13H18NO2.CHF3O3S/c1-8-6-7-9(2)11-10(8)12(15-4)14(3)13(11)16-5;2-1(3,4)8(5,6)7/h6-7,12H,1-5H3;(H,5,6,7)/q+1;/p-1. The lowest BCUT2D eigenvalue weighted by Crippen LogP contribution is -2.21. The third kappa shape index (κ3) is 3.87. The Bertz CT molecular complexity index is 756. The summed E-state index contributed by atoms with van der Waals surface area (Å²) in [5.74, 6) is 0.892. The van der Waals surface area contributed by atoms with Crippen LogP contribution in [0.2, 0.25) is 0 Å². The summed E-state index contributed by atoms with van der Waals surface area (Å²) in [6, 6.07) is 4.26. The first kappa shape index (κ1) is 20.4. The molecule has 1 aromatic carbocycles. The highest BCUT2D eigenvalue weighted by molar-refractivity contribution is 7.86. The van der Waals surface area contributed by atoms with Crippen LogP contribution in [-0.4, -0.2) is 50.2 Å².